The Labute approximate surface area is 201 Å². The predicted octanol–water partition coefficient (Wildman–Crippen LogP) is 5.82. The van der Waals surface area contributed by atoms with Crippen molar-refractivity contribution < 1.29 is 23.1 Å². The summed E-state index contributed by atoms with van der Waals surface area (Å²) >= 11 is 6.33. The molecule has 0 saturated heterocycles. The molecule has 180 valence electrons. The number of nitrogens with zero attached hydrogens (tertiary/aromatic N) is 2. The van der Waals surface area contributed by atoms with E-state index in [9.17, 15) is 18.4 Å². The van der Waals surface area contributed by atoms with Gasteiger partial charge in [-0.05, 0) is 82.1 Å². The van der Waals surface area contributed by atoms with E-state index in [2.05, 4.69) is 20.5 Å². The van der Waals surface area contributed by atoms with Crippen molar-refractivity contribution in [2.45, 2.75) is 47.3 Å². The van der Waals surface area contributed by atoms with Gasteiger partial charge in [-0.3, -0.25) is 14.3 Å². The molecule has 0 aliphatic rings. The molecular formula is C24H25ClF2N4O3. The fourth-order valence-corrected chi connectivity index (χ4v) is 3.87. The first-order valence-electron chi connectivity index (χ1n) is 10.5. The van der Waals surface area contributed by atoms with Crippen molar-refractivity contribution in [1.82, 2.24) is 9.78 Å². The number of rotatable bonds is 7. The normalized spacial score (nSPS) is 11.9. The SMILES string of the molecule is Cc1cc(C)n(C(C)C(=O)Nc2ccc(NC(=O)c3cc(C)c(OC(F)F)c(C)c3)cc2Cl)n1. The maximum atomic E-state index is 12.7. The Kier molecular flexibility index (Phi) is 7.56. The van der Waals surface area contributed by atoms with Crippen molar-refractivity contribution in [1.29, 1.82) is 0 Å². The van der Waals surface area contributed by atoms with Crippen LogP contribution in [-0.4, -0.2) is 28.2 Å². The van der Waals surface area contributed by atoms with Crippen molar-refractivity contribution in [2.75, 3.05) is 10.6 Å². The van der Waals surface area contributed by atoms with Crippen molar-refractivity contribution in [2.24, 2.45) is 0 Å². The van der Waals surface area contributed by atoms with Crippen molar-refractivity contribution >= 4 is 34.8 Å². The summed E-state index contributed by atoms with van der Waals surface area (Å²) in [4.78, 5) is 25.4. The Morgan fingerprint density at radius 2 is 1.68 bits per heavy atom. The third-order valence-corrected chi connectivity index (χ3v) is 5.52. The highest BCUT2D eigenvalue weighted by Crippen LogP contribution is 2.29. The fraction of sp³-hybridized carbons (Fsp3) is 0.292. The molecule has 0 radical (unpaired) electrons. The number of aryl methyl sites for hydroxylation is 4. The molecule has 7 nitrogen and oxygen atoms in total. The predicted molar refractivity (Wildman–Crippen MR) is 127 cm³/mol. The van der Waals surface area contributed by atoms with Gasteiger partial charge >= 0.3 is 6.61 Å². The zero-order chi connectivity index (χ0) is 25.2. The van der Waals surface area contributed by atoms with E-state index < -0.39 is 18.6 Å². The number of benzene rings is 2. The lowest BCUT2D eigenvalue weighted by atomic mass is 10.0. The highest BCUT2D eigenvalue weighted by atomic mass is 35.5. The van der Waals surface area contributed by atoms with Crippen LogP contribution in [0.5, 0.6) is 5.75 Å². The zero-order valence-electron chi connectivity index (χ0n) is 19.4. The van der Waals surface area contributed by atoms with Crippen LogP contribution in [0.15, 0.2) is 36.4 Å². The van der Waals surface area contributed by atoms with Crippen LogP contribution in [0.3, 0.4) is 0 Å². The number of ether oxygens (including phenoxy) is 1. The largest absolute Gasteiger partial charge is 0.434 e. The third kappa shape index (κ3) is 5.72. The molecule has 1 unspecified atom stereocenters. The van der Waals surface area contributed by atoms with Gasteiger partial charge in [0.15, 0.2) is 0 Å². The summed E-state index contributed by atoms with van der Waals surface area (Å²) in [5.74, 6) is -0.688. The summed E-state index contributed by atoms with van der Waals surface area (Å²) in [5, 5.41) is 10.1. The van der Waals surface area contributed by atoms with E-state index in [0.29, 0.717) is 22.5 Å². The van der Waals surface area contributed by atoms with E-state index >= 15 is 0 Å². The Balaban J connectivity index is 1.71. The smallest absolute Gasteiger partial charge is 0.387 e. The van der Waals surface area contributed by atoms with Gasteiger partial charge in [0.2, 0.25) is 5.91 Å². The minimum Gasteiger partial charge on any atom is -0.434 e. The fourth-order valence-electron chi connectivity index (χ4n) is 3.64. The molecule has 2 amide bonds. The van der Waals surface area contributed by atoms with Crippen molar-refractivity contribution in [3.63, 3.8) is 0 Å². The number of carbonyl (C=O) groups excluding carboxylic acids is 2. The van der Waals surface area contributed by atoms with E-state index in [4.69, 9.17) is 11.6 Å². The molecule has 0 aliphatic heterocycles. The molecule has 0 bridgehead atoms. The van der Waals surface area contributed by atoms with Gasteiger partial charge in [-0.2, -0.15) is 13.9 Å². The van der Waals surface area contributed by atoms with E-state index in [-0.39, 0.29) is 22.2 Å². The Hall–Kier alpha value is -3.46. The maximum absolute atomic E-state index is 12.7. The van der Waals surface area contributed by atoms with Gasteiger partial charge in [0, 0.05) is 16.9 Å². The lowest BCUT2D eigenvalue weighted by Crippen LogP contribution is -2.25. The number of carbonyl (C=O) groups is 2. The molecule has 2 N–H and O–H groups in total. The van der Waals surface area contributed by atoms with Crippen LogP contribution >= 0.6 is 11.6 Å². The number of hydrogen-bond acceptors (Lipinski definition) is 4. The monoisotopic (exact) mass is 490 g/mol. The quantitative estimate of drug-likeness (QED) is 0.436. The Morgan fingerprint density at radius 3 is 2.21 bits per heavy atom. The number of aromatic nitrogens is 2. The molecule has 34 heavy (non-hydrogen) atoms. The number of anilines is 2. The van der Waals surface area contributed by atoms with Gasteiger partial charge in [-0.15, -0.1) is 0 Å². The molecule has 1 aromatic heterocycles. The average molecular weight is 491 g/mol. The lowest BCUT2D eigenvalue weighted by molar-refractivity contribution is -0.119. The van der Waals surface area contributed by atoms with Gasteiger partial charge in [-0.25, -0.2) is 0 Å². The maximum Gasteiger partial charge on any atom is 0.387 e. The van der Waals surface area contributed by atoms with Crippen LogP contribution in [0.25, 0.3) is 0 Å². The molecule has 0 fully saturated rings. The van der Waals surface area contributed by atoms with Crippen LogP contribution in [-0.2, 0) is 4.79 Å². The van der Waals surface area contributed by atoms with E-state index in [1.807, 2.05) is 19.9 Å². The van der Waals surface area contributed by atoms with Crippen LogP contribution in [0.4, 0.5) is 20.2 Å². The van der Waals surface area contributed by atoms with Crippen molar-refractivity contribution in [3.05, 3.63) is 69.5 Å². The van der Waals surface area contributed by atoms with Crippen LogP contribution in [0.2, 0.25) is 5.02 Å². The van der Waals surface area contributed by atoms with Gasteiger partial charge in [0.05, 0.1) is 16.4 Å². The van der Waals surface area contributed by atoms with Gasteiger partial charge in [0.25, 0.3) is 5.91 Å². The topological polar surface area (TPSA) is 85.2 Å². The van der Waals surface area contributed by atoms with E-state index in [0.717, 1.165) is 11.4 Å². The Bertz CT molecular complexity index is 1220. The minimum atomic E-state index is -2.95. The zero-order valence-corrected chi connectivity index (χ0v) is 20.1. The second-order valence-corrected chi connectivity index (χ2v) is 8.41. The molecule has 2 aromatic carbocycles. The second kappa shape index (κ2) is 10.2. The summed E-state index contributed by atoms with van der Waals surface area (Å²) in [6, 6.07) is 8.97. The summed E-state index contributed by atoms with van der Waals surface area (Å²) in [7, 11) is 0. The standard InChI is InChI=1S/C24H25ClF2N4O3/c1-12-8-17(9-13(2)21(12)34-24(26)27)23(33)28-18-6-7-20(19(25)11-18)29-22(32)16(5)31-15(4)10-14(3)30-31/h6-11,16,24H,1-5H3,(H,28,33)(H,29,32). The summed E-state index contributed by atoms with van der Waals surface area (Å²) in [6.07, 6.45) is 0. The van der Waals surface area contributed by atoms with E-state index in [1.165, 1.54) is 18.2 Å². The molecular weight excluding hydrogens is 466 g/mol. The molecule has 3 aromatic rings. The average Bonchev–Trinajstić information content (AvgIpc) is 3.09. The summed E-state index contributed by atoms with van der Waals surface area (Å²) < 4.78 is 31.3. The van der Waals surface area contributed by atoms with Gasteiger partial charge < -0.3 is 15.4 Å². The number of amides is 2. The number of halogens is 3. The second-order valence-electron chi connectivity index (χ2n) is 8.00. The first-order valence-corrected chi connectivity index (χ1v) is 10.8. The first-order chi connectivity index (χ1) is 16.0. The number of hydrogen-bond donors (Lipinski definition) is 2. The molecule has 3 rings (SSSR count). The summed E-state index contributed by atoms with van der Waals surface area (Å²) in [5.41, 5.74) is 3.59. The first kappa shape index (κ1) is 25.2. The van der Waals surface area contributed by atoms with Gasteiger partial charge in [-0.1, -0.05) is 11.6 Å². The minimum absolute atomic E-state index is 0.0457. The third-order valence-electron chi connectivity index (χ3n) is 5.21. The Morgan fingerprint density at radius 1 is 1.03 bits per heavy atom. The molecule has 0 spiro atoms. The van der Waals surface area contributed by atoms with E-state index in [1.54, 1.807) is 37.6 Å². The molecule has 0 saturated carbocycles. The molecule has 1 atom stereocenters. The van der Waals surface area contributed by atoms with Crippen LogP contribution in [0.1, 0.15) is 45.8 Å². The van der Waals surface area contributed by atoms with Crippen LogP contribution in [0, 0.1) is 27.7 Å². The van der Waals surface area contributed by atoms with Crippen LogP contribution < -0.4 is 15.4 Å². The highest BCUT2D eigenvalue weighted by Gasteiger charge is 2.19. The van der Waals surface area contributed by atoms with Crippen molar-refractivity contribution in [3.8, 4) is 5.75 Å². The molecule has 10 heteroatoms. The molecule has 1 heterocycles. The molecule has 0 aliphatic carbocycles. The highest BCUT2D eigenvalue weighted by molar-refractivity contribution is 6.34. The van der Waals surface area contributed by atoms with Gasteiger partial charge in [0.1, 0.15) is 11.8 Å². The number of nitrogens with one attached hydrogen (secondary N) is 2. The summed E-state index contributed by atoms with van der Waals surface area (Å²) in [6.45, 7) is 5.68. The lowest BCUT2D eigenvalue weighted by Gasteiger charge is -2.16. The number of alkyl halides is 2.